The van der Waals surface area contributed by atoms with Crippen LogP contribution in [0.5, 0.6) is 5.75 Å². The van der Waals surface area contributed by atoms with Crippen molar-refractivity contribution in [2.45, 2.75) is 23.9 Å². The number of thiophene rings is 1. The first kappa shape index (κ1) is 23.8. The molecule has 0 fully saturated rings. The van der Waals surface area contributed by atoms with Gasteiger partial charge in [-0.05, 0) is 41.8 Å². The number of rotatable bonds is 9. The number of halogens is 2. The van der Waals surface area contributed by atoms with Crippen molar-refractivity contribution >= 4 is 27.3 Å². The molecule has 7 nitrogen and oxygen atoms in total. The van der Waals surface area contributed by atoms with Gasteiger partial charge < -0.3 is 4.74 Å². The van der Waals surface area contributed by atoms with Crippen LogP contribution in [0, 0.1) is 11.6 Å². The van der Waals surface area contributed by atoms with Crippen molar-refractivity contribution in [3.05, 3.63) is 82.1 Å². The van der Waals surface area contributed by atoms with Crippen LogP contribution >= 0.6 is 11.3 Å². The van der Waals surface area contributed by atoms with E-state index in [1.165, 1.54) is 60.3 Å². The van der Waals surface area contributed by atoms with Gasteiger partial charge in [0, 0.05) is 23.4 Å². The van der Waals surface area contributed by atoms with Crippen LogP contribution in [0.2, 0.25) is 0 Å². The van der Waals surface area contributed by atoms with E-state index in [1.807, 2.05) is 0 Å². The number of nitrogens with zero attached hydrogens (tertiary/aromatic N) is 1. The fourth-order valence-electron chi connectivity index (χ4n) is 3.10. The summed E-state index contributed by atoms with van der Waals surface area (Å²) < 4.78 is 61.1. The van der Waals surface area contributed by atoms with Gasteiger partial charge in [0.25, 0.3) is 5.91 Å². The number of carbonyl (C=O) groups excluding carboxylic acids is 1. The number of hydroxylamine groups is 1. The van der Waals surface area contributed by atoms with Crippen LogP contribution in [-0.4, -0.2) is 37.0 Å². The molecule has 0 saturated carbocycles. The number of methoxy groups -OCH3 is 1. The molecule has 0 radical (unpaired) electrons. The molecular formula is C21H20F2N2O5S2. The molecule has 2 aromatic carbocycles. The van der Waals surface area contributed by atoms with Crippen LogP contribution in [0.25, 0.3) is 0 Å². The lowest BCUT2D eigenvalue weighted by Crippen LogP contribution is -2.49. The van der Waals surface area contributed by atoms with Gasteiger partial charge in [-0.1, -0.05) is 18.2 Å². The molecule has 11 heteroatoms. The molecule has 0 bridgehead atoms. The quantitative estimate of drug-likeness (QED) is 0.360. The Kier molecular flexibility index (Phi) is 7.56. The minimum Gasteiger partial charge on any atom is -0.497 e. The smallest absolute Gasteiger partial charge is 0.262 e. The van der Waals surface area contributed by atoms with Crippen molar-refractivity contribution < 1.29 is 31.9 Å². The van der Waals surface area contributed by atoms with Gasteiger partial charge in [-0.25, -0.2) is 22.7 Å². The Hall–Kier alpha value is -2.86. The highest BCUT2D eigenvalue weighted by atomic mass is 32.2. The van der Waals surface area contributed by atoms with Gasteiger partial charge >= 0.3 is 0 Å². The predicted molar refractivity (Wildman–Crippen MR) is 114 cm³/mol. The number of hydrogen-bond acceptors (Lipinski definition) is 6. The zero-order valence-electron chi connectivity index (χ0n) is 16.9. The van der Waals surface area contributed by atoms with Crippen LogP contribution in [0.1, 0.15) is 10.4 Å². The lowest BCUT2D eigenvalue weighted by molar-refractivity contribution is -0.133. The summed E-state index contributed by atoms with van der Waals surface area (Å²) in [6.45, 7) is -0.637. The standard InChI is InChI=1S/C21H20F2N2O5S2/c1-30-15-7-9-17(10-8-15)32(28,29)25(13-14-4-2-6-18(22)20(14)23)19(21(26)24-27)12-16-5-3-11-31-16/h2-11,19,27H,12-13H2,1H3,(H,24,26)/t19-/m1/s1. The number of benzene rings is 2. The van der Waals surface area contributed by atoms with Crippen LogP contribution in [-0.2, 0) is 27.8 Å². The van der Waals surface area contributed by atoms with E-state index >= 15 is 0 Å². The van der Waals surface area contributed by atoms with E-state index in [4.69, 9.17) is 4.74 Å². The molecule has 1 atom stereocenters. The Bertz CT molecular complexity index is 1170. The maximum atomic E-state index is 14.4. The molecular weight excluding hydrogens is 462 g/mol. The van der Waals surface area contributed by atoms with E-state index in [9.17, 15) is 27.2 Å². The average molecular weight is 483 g/mol. The highest BCUT2D eigenvalue weighted by Crippen LogP contribution is 2.27. The highest BCUT2D eigenvalue weighted by molar-refractivity contribution is 7.89. The minimum atomic E-state index is -4.39. The zero-order valence-corrected chi connectivity index (χ0v) is 18.5. The van der Waals surface area contributed by atoms with E-state index < -0.39 is 40.2 Å². The zero-order chi connectivity index (χ0) is 23.3. The van der Waals surface area contributed by atoms with Crippen molar-refractivity contribution in [3.63, 3.8) is 0 Å². The highest BCUT2D eigenvalue weighted by Gasteiger charge is 2.37. The molecule has 3 aromatic rings. The first-order valence-corrected chi connectivity index (χ1v) is 11.6. The van der Waals surface area contributed by atoms with E-state index in [2.05, 4.69) is 0 Å². The van der Waals surface area contributed by atoms with Gasteiger partial charge in [0.15, 0.2) is 11.6 Å². The maximum absolute atomic E-state index is 14.4. The Morgan fingerprint density at radius 2 is 1.88 bits per heavy atom. The third kappa shape index (κ3) is 5.13. The SMILES string of the molecule is COc1ccc(S(=O)(=O)N(Cc2cccc(F)c2F)[C@H](Cc2cccs2)C(=O)NO)cc1. The Labute approximate surface area is 187 Å². The summed E-state index contributed by atoms with van der Waals surface area (Å²) in [6.07, 6.45) is -0.0869. The number of carbonyl (C=O) groups is 1. The molecule has 32 heavy (non-hydrogen) atoms. The summed E-state index contributed by atoms with van der Waals surface area (Å²) in [4.78, 5) is 13.0. The summed E-state index contributed by atoms with van der Waals surface area (Å²) >= 11 is 1.29. The molecule has 1 heterocycles. The third-order valence-electron chi connectivity index (χ3n) is 4.76. The van der Waals surface area contributed by atoms with Crippen LogP contribution in [0.4, 0.5) is 8.78 Å². The molecule has 0 aliphatic carbocycles. The van der Waals surface area contributed by atoms with Crippen molar-refractivity contribution in [2.24, 2.45) is 0 Å². The summed E-state index contributed by atoms with van der Waals surface area (Å²) in [7, 11) is -2.97. The molecule has 1 aromatic heterocycles. The van der Waals surface area contributed by atoms with Gasteiger partial charge in [-0.3, -0.25) is 10.0 Å². The van der Waals surface area contributed by atoms with E-state index in [-0.39, 0.29) is 16.9 Å². The van der Waals surface area contributed by atoms with Crippen LogP contribution in [0.15, 0.2) is 64.9 Å². The van der Waals surface area contributed by atoms with Gasteiger partial charge in [0.1, 0.15) is 11.8 Å². The molecule has 0 unspecified atom stereocenters. The Balaban J connectivity index is 2.11. The van der Waals surface area contributed by atoms with Gasteiger partial charge in [0.2, 0.25) is 10.0 Å². The second-order valence-corrected chi connectivity index (χ2v) is 9.64. The van der Waals surface area contributed by atoms with Crippen molar-refractivity contribution in [2.75, 3.05) is 7.11 Å². The Morgan fingerprint density at radius 3 is 2.47 bits per heavy atom. The fraction of sp³-hybridized carbons (Fsp3) is 0.190. The summed E-state index contributed by atoms with van der Waals surface area (Å²) in [5, 5.41) is 11.0. The second-order valence-electron chi connectivity index (χ2n) is 6.71. The molecule has 170 valence electrons. The minimum absolute atomic E-state index is 0.0869. The number of ether oxygens (including phenoxy) is 1. The average Bonchev–Trinajstić information content (AvgIpc) is 3.31. The molecule has 0 aliphatic heterocycles. The lowest BCUT2D eigenvalue weighted by Gasteiger charge is -2.29. The normalized spacial score (nSPS) is 12.5. The fourth-order valence-corrected chi connectivity index (χ4v) is 5.41. The first-order chi connectivity index (χ1) is 15.3. The third-order valence-corrected chi connectivity index (χ3v) is 7.53. The molecule has 1 amide bonds. The lowest BCUT2D eigenvalue weighted by atomic mass is 10.1. The second kappa shape index (κ2) is 10.2. The Morgan fingerprint density at radius 1 is 1.16 bits per heavy atom. The number of nitrogens with one attached hydrogen (secondary N) is 1. The molecule has 0 aliphatic rings. The maximum Gasteiger partial charge on any atom is 0.262 e. The van der Waals surface area contributed by atoms with Gasteiger partial charge in [0.05, 0.1) is 12.0 Å². The summed E-state index contributed by atoms with van der Waals surface area (Å²) in [6, 6.07) is 10.8. The number of amides is 1. The largest absolute Gasteiger partial charge is 0.497 e. The molecule has 0 spiro atoms. The van der Waals surface area contributed by atoms with Crippen LogP contribution in [0.3, 0.4) is 0 Å². The van der Waals surface area contributed by atoms with Gasteiger partial charge in [-0.2, -0.15) is 4.31 Å². The van der Waals surface area contributed by atoms with Crippen LogP contribution < -0.4 is 10.2 Å². The van der Waals surface area contributed by atoms with Gasteiger partial charge in [-0.15, -0.1) is 11.3 Å². The predicted octanol–water partition coefficient (Wildman–Crippen LogP) is 3.34. The van der Waals surface area contributed by atoms with Crippen molar-refractivity contribution in [3.8, 4) is 5.75 Å². The van der Waals surface area contributed by atoms with E-state index in [0.29, 0.717) is 10.6 Å². The van der Waals surface area contributed by atoms with E-state index in [0.717, 1.165) is 10.4 Å². The topological polar surface area (TPSA) is 95.9 Å². The summed E-state index contributed by atoms with van der Waals surface area (Å²) in [5.41, 5.74) is 1.22. The van der Waals surface area contributed by atoms with Crippen molar-refractivity contribution in [1.82, 2.24) is 9.79 Å². The molecule has 2 N–H and O–H groups in total. The molecule has 3 rings (SSSR count). The molecule has 0 saturated heterocycles. The first-order valence-electron chi connectivity index (χ1n) is 9.33. The van der Waals surface area contributed by atoms with E-state index in [1.54, 1.807) is 17.5 Å². The summed E-state index contributed by atoms with van der Waals surface area (Å²) in [5.74, 6) is -2.96. The van der Waals surface area contributed by atoms with Crippen molar-refractivity contribution in [1.29, 1.82) is 0 Å². The number of sulfonamides is 1. The number of hydrogen-bond donors (Lipinski definition) is 2. The monoisotopic (exact) mass is 482 g/mol.